The lowest BCUT2D eigenvalue weighted by molar-refractivity contribution is 0.0678. The fourth-order valence-electron chi connectivity index (χ4n) is 2.35. The van der Waals surface area contributed by atoms with Crippen molar-refractivity contribution in [2.45, 2.75) is 18.6 Å². The van der Waals surface area contributed by atoms with Gasteiger partial charge in [-0.1, -0.05) is 36.4 Å². The minimum atomic E-state index is -0.864. The first-order valence-electron chi connectivity index (χ1n) is 6.63. The van der Waals surface area contributed by atoms with Gasteiger partial charge >= 0.3 is 0 Å². The maximum atomic E-state index is 13.3. The highest BCUT2D eigenvalue weighted by Crippen LogP contribution is 2.23. The Hall–Kier alpha value is -1.82. The second kappa shape index (κ2) is 7.26. The van der Waals surface area contributed by atoms with Crippen LogP contribution in [-0.2, 0) is 11.2 Å². The molecule has 0 spiro atoms. The van der Waals surface area contributed by atoms with E-state index in [2.05, 4.69) is 5.43 Å². The van der Waals surface area contributed by atoms with E-state index in [9.17, 15) is 8.78 Å². The zero-order chi connectivity index (χ0) is 15.2. The largest absolute Gasteiger partial charge is 0.375 e. The first-order chi connectivity index (χ1) is 10.2. The van der Waals surface area contributed by atoms with Crippen LogP contribution in [0.15, 0.2) is 48.5 Å². The normalized spacial score (nSPS) is 13.9. The van der Waals surface area contributed by atoms with E-state index in [1.54, 1.807) is 13.2 Å². The molecule has 2 atom stereocenters. The molecule has 3 nitrogen and oxygen atoms in total. The highest BCUT2D eigenvalue weighted by Gasteiger charge is 2.22. The van der Waals surface area contributed by atoms with Crippen molar-refractivity contribution in [1.29, 1.82) is 0 Å². The second-order valence-corrected chi connectivity index (χ2v) is 4.79. The molecule has 0 bridgehead atoms. The molecule has 2 aromatic carbocycles. The molecule has 5 heteroatoms. The van der Waals surface area contributed by atoms with E-state index in [1.807, 2.05) is 30.3 Å². The number of ether oxygens (including phenoxy) is 1. The molecular formula is C16H18F2N2O. The summed E-state index contributed by atoms with van der Waals surface area (Å²) in [5, 5.41) is 0. The molecule has 0 fully saturated rings. The van der Waals surface area contributed by atoms with E-state index < -0.39 is 11.6 Å². The van der Waals surface area contributed by atoms with Gasteiger partial charge in [-0.25, -0.2) is 8.78 Å². The predicted molar refractivity (Wildman–Crippen MR) is 77.4 cm³/mol. The second-order valence-electron chi connectivity index (χ2n) is 4.79. The number of benzene rings is 2. The summed E-state index contributed by atoms with van der Waals surface area (Å²) in [5.41, 5.74) is 4.30. The number of hydrazine groups is 1. The Morgan fingerprint density at radius 1 is 1.10 bits per heavy atom. The summed E-state index contributed by atoms with van der Waals surface area (Å²) in [6.45, 7) is 0. The fraction of sp³-hybridized carbons (Fsp3) is 0.250. The summed E-state index contributed by atoms with van der Waals surface area (Å²) in [4.78, 5) is 0. The Morgan fingerprint density at radius 3 is 2.38 bits per heavy atom. The summed E-state index contributed by atoms with van der Waals surface area (Å²) < 4.78 is 31.8. The van der Waals surface area contributed by atoms with Crippen LogP contribution in [0.3, 0.4) is 0 Å². The molecule has 0 aromatic heterocycles. The van der Waals surface area contributed by atoms with Gasteiger partial charge < -0.3 is 4.74 Å². The Morgan fingerprint density at radius 2 is 1.81 bits per heavy atom. The van der Waals surface area contributed by atoms with Crippen molar-refractivity contribution in [1.82, 2.24) is 5.43 Å². The summed E-state index contributed by atoms with van der Waals surface area (Å²) >= 11 is 0. The Kier molecular flexibility index (Phi) is 5.38. The Bertz CT molecular complexity index is 578. The minimum Gasteiger partial charge on any atom is -0.375 e. The van der Waals surface area contributed by atoms with E-state index in [-0.39, 0.29) is 12.1 Å². The van der Waals surface area contributed by atoms with Crippen molar-refractivity contribution >= 4 is 0 Å². The molecule has 0 radical (unpaired) electrons. The van der Waals surface area contributed by atoms with Gasteiger partial charge in [-0.05, 0) is 29.7 Å². The molecule has 0 saturated heterocycles. The van der Waals surface area contributed by atoms with E-state index in [0.29, 0.717) is 12.0 Å². The van der Waals surface area contributed by atoms with Crippen LogP contribution in [0.4, 0.5) is 8.78 Å². The van der Waals surface area contributed by atoms with Crippen LogP contribution in [0.25, 0.3) is 0 Å². The molecule has 2 unspecified atom stereocenters. The number of nitrogens with two attached hydrogens (primary N) is 1. The van der Waals surface area contributed by atoms with Gasteiger partial charge in [-0.2, -0.15) is 0 Å². The maximum absolute atomic E-state index is 13.3. The molecule has 0 saturated carbocycles. The van der Waals surface area contributed by atoms with Crippen molar-refractivity contribution in [3.05, 3.63) is 71.3 Å². The van der Waals surface area contributed by atoms with Gasteiger partial charge in [-0.3, -0.25) is 11.3 Å². The summed E-state index contributed by atoms with van der Waals surface area (Å²) in [6, 6.07) is 13.2. The zero-order valence-electron chi connectivity index (χ0n) is 11.7. The molecule has 3 N–H and O–H groups in total. The fourth-order valence-corrected chi connectivity index (χ4v) is 2.35. The first-order valence-corrected chi connectivity index (χ1v) is 6.63. The van der Waals surface area contributed by atoms with Crippen LogP contribution in [0.2, 0.25) is 0 Å². The van der Waals surface area contributed by atoms with Crippen LogP contribution in [0.1, 0.15) is 17.2 Å². The van der Waals surface area contributed by atoms with Crippen molar-refractivity contribution in [3.8, 4) is 0 Å². The molecule has 0 aliphatic rings. The van der Waals surface area contributed by atoms with Gasteiger partial charge in [-0.15, -0.1) is 0 Å². The zero-order valence-corrected chi connectivity index (χ0v) is 11.7. The number of halogens is 2. The average molecular weight is 292 g/mol. The van der Waals surface area contributed by atoms with Crippen LogP contribution < -0.4 is 11.3 Å². The third-order valence-electron chi connectivity index (χ3n) is 3.40. The number of hydrogen-bond acceptors (Lipinski definition) is 3. The van der Waals surface area contributed by atoms with Crippen LogP contribution >= 0.6 is 0 Å². The van der Waals surface area contributed by atoms with Crippen LogP contribution in [0.5, 0.6) is 0 Å². The van der Waals surface area contributed by atoms with Crippen LogP contribution in [-0.4, -0.2) is 13.2 Å². The molecule has 0 aliphatic carbocycles. The van der Waals surface area contributed by atoms with Crippen molar-refractivity contribution in [3.63, 3.8) is 0 Å². The van der Waals surface area contributed by atoms with E-state index >= 15 is 0 Å². The van der Waals surface area contributed by atoms with E-state index in [1.165, 1.54) is 6.07 Å². The first kappa shape index (κ1) is 15.6. The standard InChI is InChI=1S/C16H18F2N2O/c1-21-16(12-5-3-2-4-6-12)15(20-19)10-11-7-8-13(17)14(18)9-11/h2-9,15-16,20H,10,19H2,1H3. The van der Waals surface area contributed by atoms with Crippen molar-refractivity contribution < 1.29 is 13.5 Å². The molecular weight excluding hydrogens is 274 g/mol. The Balaban J connectivity index is 2.19. The Labute approximate surface area is 122 Å². The number of rotatable bonds is 6. The molecule has 21 heavy (non-hydrogen) atoms. The predicted octanol–water partition coefficient (Wildman–Crippen LogP) is 2.73. The van der Waals surface area contributed by atoms with Gasteiger partial charge in [0.05, 0.1) is 12.1 Å². The third-order valence-corrected chi connectivity index (χ3v) is 3.40. The van der Waals surface area contributed by atoms with Crippen molar-refractivity contribution in [2.75, 3.05) is 7.11 Å². The summed E-state index contributed by atoms with van der Waals surface area (Å²) in [6.07, 6.45) is 0.130. The molecule has 0 heterocycles. The van der Waals surface area contributed by atoms with Gasteiger partial charge in [0.2, 0.25) is 0 Å². The quantitative estimate of drug-likeness (QED) is 0.636. The van der Waals surface area contributed by atoms with Crippen molar-refractivity contribution in [2.24, 2.45) is 5.84 Å². The molecule has 112 valence electrons. The van der Waals surface area contributed by atoms with Gasteiger partial charge in [0.15, 0.2) is 11.6 Å². The minimum absolute atomic E-state index is 0.262. The lowest BCUT2D eigenvalue weighted by Gasteiger charge is -2.26. The molecule has 0 aliphatic heterocycles. The van der Waals surface area contributed by atoms with Gasteiger partial charge in [0.1, 0.15) is 0 Å². The average Bonchev–Trinajstić information content (AvgIpc) is 2.51. The summed E-state index contributed by atoms with van der Waals surface area (Å²) in [5.74, 6) is 3.88. The lowest BCUT2D eigenvalue weighted by atomic mass is 9.96. The van der Waals surface area contributed by atoms with Gasteiger partial charge in [0.25, 0.3) is 0 Å². The van der Waals surface area contributed by atoms with Gasteiger partial charge in [0, 0.05) is 7.11 Å². The third kappa shape index (κ3) is 3.85. The number of nitrogens with one attached hydrogen (secondary N) is 1. The highest BCUT2D eigenvalue weighted by molar-refractivity contribution is 5.23. The van der Waals surface area contributed by atoms with E-state index in [0.717, 1.165) is 11.6 Å². The molecule has 0 amide bonds. The molecule has 2 aromatic rings. The number of methoxy groups -OCH3 is 1. The molecule has 2 rings (SSSR count). The lowest BCUT2D eigenvalue weighted by Crippen LogP contribution is -2.42. The smallest absolute Gasteiger partial charge is 0.159 e. The van der Waals surface area contributed by atoms with Crippen LogP contribution in [0, 0.1) is 11.6 Å². The summed E-state index contributed by atoms with van der Waals surface area (Å²) in [7, 11) is 1.59. The SMILES string of the molecule is COC(c1ccccc1)C(Cc1ccc(F)c(F)c1)NN. The highest BCUT2D eigenvalue weighted by atomic mass is 19.2. The topological polar surface area (TPSA) is 47.3 Å². The monoisotopic (exact) mass is 292 g/mol. The maximum Gasteiger partial charge on any atom is 0.159 e. The number of hydrogen-bond donors (Lipinski definition) is 2. The van der Waals surface area contributed by atoms with E-state index in [4.69, 9.17) is 10.6 Å².